The van der Waals surface area contributed by atoms with Gasteiger partial charge in [0.1, 0.15) is 0 Å². The van der Waals surface area contributed by atoms with Gasteiger partial charge >= 0.3 is 0 Å². The minimum atomic E-state index is 0.655. The average Bonchev–Trinajstić information content (AvgIpc) is 2.60. The van der Waals surface area contributed by atoms with Crippen LogP contribution in [0.2, 0.25) is 0 Å². The average molecular weight is 322 g/mol. The lowest BCUT2D eigenvalue weighted by Gasteiger charge is -2.41. The van der Waals surface area contributed by atoms with Crippen molar-refractivity contribution < 1.29 is 0 Å². The molecule has 4 nitrogen and oxygen atoms in total. The molecule has 2 aromatic rings. The summed E-state index contributed by atoms with van der Waals surface area (Å²) in [7, 11) is 0. The first kappa shape index (κ1) is 15.6. The summed E-state index contributed by atoms with van der Waals surface area (Å²) < 4.78 is 0. The minimum absolute atomic E-state index is 0.655. The van der Waals surface area contributed by atoms with Crippen molar-refractivity contribution in [2.24, 2.45) is 0 Å². The number of benzene rings is 1. The molecule has 2 aliphatic rings. The van der Waals surface area contributed by atoms with Crippen LogP contribution in [-0.4, -0.2) is 35.4 Å². The molecule has 4 rings (SSSR count). The summed E-state index contributed by atoms with van der Waals surface area (Å²) in [6, 6.07) is 14.4. The van der Waals surface area contributed by atoms with E-state index in [1.807, 2.05) is 6.07 Å². The van der Waals surface area contributed by atoms with Crippen LogP contribution < -0.4 is 10.2 Å². The summed E-state index contributed by atoms with van der Waals surface area (Å²) in [5.41, 5.74) is 2.86. The zero-order chi connectivity index (χ0) is 16.4. The predicted molar refractivity (Wildman–Crippen MR) is 97.3 cm³/mol. The predicted octanol–water partition coefficient (Wildman–Crippen LogP) is 3.29. The molecular weight excluding hydrogens is 296 g/mol. The third-order valence-electron chi connectivity index (χ3n) is 5.54. The molecule has 4 heteroatoms. The molecular formula is C20H26N4. The second-order valence-electron chi connectivity index (χ2n) is 7.29. The number of hydrogen-bond acceptors (Lipinski definition) is 4. The van der Waals surface area contributed by atoms with Crippen LogP contribution in [0.4, 0.5) is 5.82 Å². The Morgan fingerprint density at radius 2 is 1.75 bits per heavy atom. The Balaban J connectivity index is 1.22. The van der Waals surface area contributed by atoms with Crippen molar-refractivity contribution in [2.45, 2.75) is 50.6 Å². The zero-order valence-corrected chi connectivity index (χ0v) is 14.4. The van der Waals surface area contributed by atoms with Crippen LogP contribution in [0.15, 0.2) is 42.6 Å². The van der Waals surface area contributed by atoms with Crippen molar-refractivity contribution in [2.75, 3.05) is 18.0 Å². The number of anilines is 1. The van der Waals surface area contributed by atoms with Crippen molar-refractivity contribution in [3.63, 3.8) is 0 Å². The van der Waals surface area contributed by atoms with E-state index < -0.39 is 0 Å². The Bertz CT molecular complexity index is 641. The first-order chi connectivity index (χ1) is 11.8. The fourth-order valence-corrected chi connectivity index (χ4v) is 3.94. The first-order valence-corrected chi connectivity index (χ1v) is 9.13. The molecule has 0 unspecified atom stereocenters. The van der Waals surface area contributed by atoms with Crippen LogP contribution in [0.3, 0.4) is 0 Å². The lowest BCUT2D eigenvalue weighted by Crippen LogP contribution is -2.50. The van der Waals surface area contributed by atoms with Gasteiger partial charge in [0.25, 0.3) is 0 Å². The fraction of sp³-hybridized carbons (Fsp3) is 0.500. The van der Waals surface area contributed by atoms with Crippen LogP contribution in [0.25, 0.3) is 0 Å². The molecule has 0 atom stereocenters. The van der Waals surface area contributed by atoms with E-state index in [1.54, 1.807) is 6.20 Å². The van der Waals surface area contributed by atoms with Gasteiger partial charge in [-0.25, -0.2) is 0 Å². The quantitative estimate of drug-likeness (QED) is 0.938. The summed E-state index contributed by atoms with van der Waals surface area (Å²) in [5, 5.41) is 12.1. The van der Waals surface area contributed by atoms with Crippen LogP contribution in [0, 0.1) is 6.92 Å². The van der Waals surface area contributed by atoms with E-state index in [4.69, 9.17) is 0 Å². The van der Waals surface area contributed by atoms with Crippen LogP contribution in [0.5, 0.6) is 0 Å². The number of piperidine rings is 1. The molecule has 1 saturated heterocycles. The molecule has 1 aliphatic heterocycles. The van der Waals surface area contributed by atoms with E-state index in [1.165, 1.54) is 36.8 Å². The number of nitrogens with zero attached hydrogens (tertiary/aromatic N) is 3. The fourth-order valence-electron chi connectivity index (χ4n) is 3.94. The molecule has 1 N–H and O–H groups in total. The highest BCUT2D eigenvalue weighted by Gasteiger charge is 2.32. The molecule has 126 valence electrons. The molecule has 1 aromatic carbocycles. The van der Waals surface area contributed by atoms with Gasteiger partial charge in [-0.05, 0) is 56.2 Å². The molecule has 0 amide bonds. The SMILES string of the molecule is Cc1ccc(C2CC(NC3CCN(c4cccnn4)CC3)C2)cc1. The largest absolute Gasteiger partial charge is 0.355 e. The number of aromatic nitrogens is 2. The van der Waals surface area contributed by atoms with Gasteiger partial charge in [-0.3, -0.25) is 0 Å². The van der Waals surface area contributed by atoms with Gasteiger partial charge in [0.15, 0.2) is 5.82 Å². The summed E-state index contributed by atoms with van der Waals surface area (Å²) >= 11 is 0. The van der Waals surface area contributed by atoms with Gasteiger partial charge in [-0.1, -0.05) is 29.8 Å². The highest BCUT2D eigenvalue weighted by Crippen LogP contribution is 2.37. The minimum Gasteiger partial charge on any atom is -0.355 e. The zero-order valence-electron chi connectivity index (χ0n) is 14.4. The van der Waals surface area contributed by atoms with Crippen molar-refractivity contribution in [1.29, 1.82) is 0 Å². The van der Waals surface area contributed by atoms with Gasteiger partial charge in [0, 0.05) is 31.4 Å². The van der Waals surface area contributed by atoms with Gasteiger partial charge in [0.05, 0.1) is 0 Å². The third kappa shape index (κ3) is 3.44. The maximum absolute atomic E-state index is 4.22. The van der Waals surface area contributed by atoms with E-state index in [-0.39, 0.29) is 0 Å². The van der Waals surface area contributed by atoms with E-state index in [9.17, 15) is 0 Å². The van der Waals surface area contributed by atoms with E-state index >= 15 is 0 Å². The normalized spacial score (nSPS) is 24.6. The Kier molecular flexibility index (Phi) is 4.48. The number of aryl methyl sites for hydroxylation is 1. The lowest BCUT2D eigenvalue weighted by molar-refractivity contribution is 0.247. The highest BCUT2D eigenvalue weighted by atomic mass is 15.3. The van der Waals surface area contributed by atoms with Crippen molar-refractivity contribution in [3.8, 4) is 0 Å². The Morgan fingerprint density at radius 1 is 1.00 bits per heavy atom. The van der Waals surface area contributed by atoms with Crippen LogP contribution in [-0.2, 0) is 0 Å². The standard InChI is InChI=1S/C20H26N4/c1-15-4-6-16(7-5-15)17-13-19(14-17)22-18-8-11-24(12-9-18)20-3-2-10-21-23-20/h2-7,10,17-19,22H,8-9,11-14H2,1H3. The van der Waals surface area contributed by atoms with Gasteiger partial charge in [-0.15, -0.1) is 5.10 Å². The smallest absolute Gasteiger partial charge is 0.151 e. The van der Waals surface area contributed by atoms with Crippen molar-refractivity contribution >= 4 is 5.82 Å². The molecule has 1 aromatic heterocycles. The van der Waals surface area contributed by atoms with Gasteiger partial charge in [0.2, 0.25) is 0 Å². The third-order valence-corrected chi connectivity index (χ3v) is 5.54. The lowest BCUT2D eigenvalue weighted by atomic mass is 9.75. The van der Waals surface area contributed by atoms with E-state index in [2.05, 4.69) is 57.7 Å². The summed E-state index contributed by atoms with van der Waals surface area (Å²) in [6.45, 7) is 4.30. The second-order valence-corrected chi connectivity index (χ2v) is 7.29. The maximum atomic E-state index is 4.22. The molecule has 1 aliphatic carbocycles. The van der Waals surface area contributed by atoms with Crippen LogP contribution >= 0.6 is 0 Å². The molecule has 0 spiro atoms. The molecule has 0 radical (unpaired) electrons. The van der Waals surface area contributed by atoms with E-state index in [0.717, 1.165) is 24.8 Å². The topological polar surface area (TPSA) is 41.0 Å². The number of nitrogens with one attached hydrogen (secondary N) is 1. The first-order valence-electron chi connectivity index (χ1n) is 9.13. The Morgan fingerprint density at radius 3 is 2.42 bits per heavy atom. The summed E-state index contributed by atoms with van der Waals surface area (Å²) in [6.07, 6.45) is 6.70. The number of rotatable bonds is 4. The monoisotopic (exact) mass is 322 g/mol. The molecule has 24 heavy (non-hydrogen) atoms. The Hall–Kier alpha value is -1.94. The second kappa shape index (κ2) is 6.89. The molecule has 2 fully saturated rings. The molecule has 0 bridgehead atoms. The van der Waals surface area contributed by atoms with E-state index in [0.29, 0.717) is 12.1 Å². The highest BCUT2D eigenvalue weighted by molar-refractivity contribution is 5.36. The summed E-state index contributed by atoms with van der Waals surface area (Å²) in [5.74, 6) is 1.77. The Labute approximate surface area is 144 Å². The molecule has 2 heterocycles. The maximum Gasteiger partial charge on any atom is 0.151 e. The van der Waals surface area contributed by atoms with Crippen LogP contribution in [0.1, 0.15) is 42.7 Å². The molecule has 1 saturated carbocycles. The van der Waals surface area contributed by atoms with Gasteiger partial charge in [-0.2, -0.15) is 5.10 Å². The number of hydrogen-bond donors (Lipinski definition) is 1. The summed E-state index contributed by atoms with van der Waals surface area (Å²) in [4.78, 5) is 2.35. The van der Waals surface area contributed by atoms with Gasteiger partial charge < -0.3 is 10.2 Å². The van der Waals surface area contributed by atoms with Crippen molar-refractivity contribution in [1.82, 2.24) is 15.5 Å². The van der Waals surface area contributed by atoms with Crippen molar-refractivity contribution in [3.05, 3.63) is 53.7 Å².